The van der Waals surface area contributed by atoms with Crippen molar-refractivity contribution in [1.29, 1.82) is 5.26 Å². The number of fused-ring (bicyclic) bond motifs is 1. The molecule has 2 atom stereocenters. The Kier molecular flexibility index (Phi) is 4.83. The minimum Gasteiger partial charge on any atom is -0.496 e. The zero-order valence-corrected chi connectivity index (χ0v) is 15.8. The molecule has 0 aromatic heterocycles. The van der Waals surface area contributed by atoms with E-state index in [1.54, 1.807) is 23.1 Å². The van der Waals surface area contributed by atoms with Gasteiger partial charge in [-0.1, -0.05) is 0 Å². The predicted molar refractivity (Wildman–Crippen MR) is 95.6 cm³/mol. The molecule has 3 rings (SSSR count). The van der Waals surface area contributed by atoms with Gasteiger partial charge < -0.3 is 19.1 Å². The lowest BCUT2D eigenvalue weighted by atomic mass is 9.84. The van der Waals surface area contributed by atoms with E-state index in [1.807, 2.05) is 20.8 Å². The summed E-state index contributed by atoms with van der Waals surface area (Å²) in [5, 5.41) is 9.28. The van der Waals surface area contributed by atoms with Crippen LogP contribution in [0.25, 0.3) is 0 Å². The van der Waals surface area contributed by atoms with Crippen molar-refractivity contribution in [3.63, 3.8) is 0 Å². The number of carbonyl (C=O) groups is 2. The summed E-state index contributed by atoms with van der Waals surface area (Å²) in [7, 11) is 0. The fourth-order valence-corrected chi connectivity index (χ4v) is 3.56. The van der Waals surface area contributed by atoms with Gasteiger partial charge in [0.25, 0.3) is 5.91 Å². The second-order valence-corrected chi connectivity index (χ2v) is 7.05. The van der Waals surface area contributed by atoms with Crippen molar-refractivity contribution in [2.75, 3.05) is 13.2 Å². The number of amides is 1. The van der Waals surface area contributed by atoms with Crippen LogP contribution in [-0.4, -0.2) is 41.6 Å². The van der Waals surface area contributed by atoms with E-state index < -0.39 is 23.7 Å². The Bertz CT molecular complexity index is 852. The summed E-state index contributed by atoms with van der Waals surface area (Å²) in [6, 6.07) is 6.56. The summed E-state index contributed by atoms with van der Waals surface area (Å²) in [4.78, 5) is 26.1. The van der Waals surface area contributed by atoms with Crippen LogP contribution in [0.2, 0.25) is 0 Å². The Morgan fingerprint density at radius 2 is 2.19 bits per heavy atom. The number of nitrogens with zero attached hydrogens (tertiary/aromatic N) is 2. The second kappa shape index (κ2) is 6.95. The Hall–Kier alpha value is -3.01. The highest BCUT2D eigenvalue weighted by Crippen LogP contribution is 2.45. The van der Waals surface area contributed by atoms with Crippen molar-refractivity contribution in [2.45, 2.75) is 45.4 Å². The molecule has 2 aliphatic rings. The van der Waals surface area contributed by atoms with Crippen LogP contribution in [-0.2, 0) is 19.1 Å². The van der Waals surface area contributed by atoms with Crippen molar-refractivity contribution < 1.29 is 23.8 Å². The molecule has 0 unspecified atom stereocenters. The number of carbonyl (C=O) groups excluding carboxylic acids is 2. The van der Waals surface area contributed by atoms with E-state index in [0.29, 0.717) is 29.2 Å². The molecular formula is C20H22N2O5. The SMILES string of the molecule is CCOC1=CC(=O)N([C@@H]2c3cc(C#N)ccc3OC(C)(C)[C@H]2OC(C)=O)C1. The molecule has 27 heavy (non-hydrogen) atoms. The highest BCUT2D eigenvalue weighted by Gasteiger charge is 2.50. The van der Waals surface area contributed by atoms with Gasteiger partial charge in [0, 0.05) is 18.6 Å². The van der Waals surface area contributed by atoms with Crippen LogP contribution in [0.15, 0.2) is 30.0 Å². The number of rotatable bonds is 4. The second-order valence-electron chi connectivity index (χ2n) is 7.05. The molecular weight excluding hydrogens is 348 g/mol. The Balaban J connectivity index is 2.10. The van der Waals surface area contributed by atoms with Crippen molar-refractivity contribution in [3.8, 4) is 11.8 Å². The monoisotopic (exact) mass is 370 g/mol. The third kappa shape index (κ3) is 3.47. The van der Waals surface area contributed by atoms with Gasteiger partial charge in [-0.05, 0) is 39.0 Å². The average molecular weight is 370 g/mol. The topological polar surface area (TPSA) is 88.9 Å². The maximum Gasteiger partial charge on any atom is 0.303 e. The molecule has 1 amide bonds. The van der Waals surface area contributed by atoms with E-state index in [4.69, 9.17) is 14.2 Å². The van der Waals surface area contributed by atoms with Crippen molar-refractivity contribution in [2.24, 2.45) is 0 Å². The molecule has 142 valence electrons. The van der Waals surface area contributed by atoms with Crippen LogP contribution >= 0.6 is 0 Å². The van der Waals surface area contributed by atoms with Crippen molar-refractivity contribution >= 4 is 11.9 Å². The molecule has 7 nitrogen and oxygen atoms in total. The number of hydrogen-bond donors (Lipinski definition) is 0. The average Bonchev–Trinajstić information content (AvgIpc) is 2.95. The molecule has 1 aromatic rings. The van der Waals surface area contributed by atoms with Crippen molar-refractivity contribution in [1.82, 2.24) is 4.90 Å². The maximum atomic E-state index is 12.7. The Morgan fingerprint density at radius 3 is 2.81 bits per heavy atom. The smallest absolute Gasteiger partial charge is 0.303 e. The summed E-state index contributed by atoms with van der Waals surface area (Å²) >= 11 is 0. The lowest BCUT2D eigenvalue weighted by molar-refractivity contribution is -0.171. The number of benzene rings is 1. The van der Waals surface area contributed by atoms with Gasteiger partial charge in [0.1, 0.15) is 23.2 Å². The highest BCUT2D eigenvalue weighted by molar-refractivity contribution is 5.91. The minimum absolute atomic E-state index is 0.230. The molecule has 0 fully saturated rings. The maximum absolute atomic E-state index is 12.7. The summed E-state index contributed by atoms with van der Waals surface area (Å²) in [5.74, 6) is 0.425. The van der Waals surface area contributed by atoms with E-state index in [9.17, 15) is 14.9 Å². The summed E-state index contributed by atoms with van der Waals surface area (Å²) < 4.78 is 17.2. The van der Waals surface area contributed by atoms with Gasteiger partial charge in [-0.15, -0.1) is 0 Å². The number of hydrogen-bond acceptors (Lipinski definition) is 6. The van der Waals surface area contributed by atoms with Gasteiger partial charge in [-0.3, -0.25) is 9.59 Å². The first kappa shape index (κ1) is 18.8. The molecule has 0 spiro atoms. The molecule has 0 saturated carbocycles. The van der Waals surface area contributed by atoms with Gasteiger partial charge in [0.2, 0.25) is 0 Å². The first-order valence-electron chi connectivity index (χ1n) is 8.81. The third-order valence-electron chi connectivity index (χ3n) is 4.65. The standard InChI is InChI=1S/C20H22N2O5/c1-5-25-14-9-17(24)22(11-14)18-15-8-13(10-21)6-7-16(15)27-20(3,4)19(18)26-12(2)23/h6-9,18-19H,5,11H2,1-4H3/t18-,19+/m1/s1. The number of nitriles is 1. The zero-order valence-electron chi connectivity index (χ0n) is 15.8. The summed E-state index contributed by atoms with van der Waals surface area (Å²) in [6.07, 6.45) is 0.708. The lowest BCUT2D eigenvalue weighted by Gasteiger charge is -2.46. The molecule has 0 bridgehead atoms. The Labute approximate surface area is 158 Å². The molecule has 2 heterocycles. The van der Waals surface area contributed by atoms with Crippen LogP contribution in [0.4, 0.5) is 0 Å². The largest absolute Gasteiger partial charge is 0.496 e. The first-order valence-corrected chi connectivity index (χ1v) is 8.81. The normalized spacial score (nSPS) is 23.0. The van der Waals surface area contributed by atoms with E-state index >= 15 is 0 Å². The van der Waals surface area contributed by atoms with Crippen LogP contribution in [0.3, 0.4) is 0 Å². The van der Waals surface area contributed by atoms with Crippen LogP contribution in [0.1, 0.15) is 44.9 Å². The van der Waals surface area contributed by atoms with E-state index in [0.717, 1.165) is 0 Å². The third-order valence-corrected chi connectivity index (χ3v) is 4.65. The van der Waals surface area contributed by atoms with Gasteiger partial charge in [-0.25, -0.2) is 0 Å². The van der Waals surface area contributed by atoms with E-state index in [2.05, 4.69) is 6.07 Å². The fraction of sp³-hybridized carbons (Fsp3) is 0.450. The van der Waals surface area contributed by atoms with E-state index in [1.165, 1.54) is 13.0 Å². The molecule has 0 N–H and O–H groups in total. The molecule has 0 aliphatic carbocycles. The minimum atomic E-state index is -0.869. The first-order chi connectivity index (χ1) is 12.8. The fourth-order valence-electron chi connectivity index (χ4n) is 3.56. The van der Waals surface area contributed by atoms with Gasteiger partial charge in [0.15, 0.2) is 6.10 Å². The van der Waals surface area contributed by atoms with Gasteiger partial charge >= 0.3 is 5.97 Å². The van der Waals surface area contributed by atoms with Gasteiger partial charge in [0.05, 0.1) is 24.8 Å². The predicted octanol–water partition coefficient (Wildman–Crippen LogP) is 2.46. The highest BCUT2D eigenvalue weighted by atomic mass is 16.6. The van der Waals surface area contributed by atoms with E-state index in [-0.39, 0.29) is 12.5 Å². The molecule has 2 aliphatic heterocycles. The number of ether oxygens (including phenoxy) is 3. The molecule has 0 saturated heterocycles. The quantitative estimate of drug-likeness (QED) is 0.757. The summed E-state index contributed by atoms with van der Waals surface area (Å²) in [5.41, 5.74) is 0.207. The zero-order chi connectivity index (χ0) is 19.8. The summed E-state index contributed by atoms with van der Waals surface area (Å²) in [6.45, 7) is 7.51. The van der Waals surface area contributed by atoms with Crippen molar-refractivity contribution in [3.05, 3.63) is 41.2 Å². The molecule has 0 radical (unpaired) electrons. The molecule has 1 aromatic carbocycles. The lowest BCUT2D eigenvalue weighted by Crippen LogP contribution is -2.55. The van der Waals surface area contributed by atoms with Crippen LogP contribution in [0, 0.1) is 11.3 Å². The number of esters is 1. The Morgan fingerprint density at radius 1 is 1.44 bits per heavy atom. The van der Waals surface area contributed by atoms with Gasteiger partial charge in [-0.2, -0.15) is 5.26 Å². The van der Waals surface area contributed by atoms with Crippen LogP contribution < -0.4 is 4.74 Å². The molecule has 7 heteroatoms. The van der Waals surface area contributed by atoms with Crippen LogP contribution in [0.5, 0.6) is 5.75 Å².